The molecule has 0 spiro atoms. The number of pyridine rings is 1. The zero-order valence-electron chi connectivity index (χ0n) is 18.0. The maximum Gasteiger partial charge on any atom is 0.222 e. The van der Waals surface area contributed by atoms with Crippen LogP contribution >= 0.6 is 0 Å². The lowest BCUT2D eigenvalue weighted by atomic mass is 10.1. The first kappa shape index (κ1) is 20.4. The SMILES string of the molecule is COc1ccccc1CCC(=O)N1CCC(c2nc3ccncc3n2CC(C)C)C1. The second kappa shape index (κ2) is 8.86. The first-order valence-corrected chi connectivity index (χ1v) is 10.8. The van der Waals surface area contributed by atoms with Crippen molar-refractivity contribution < 1.29 is 9.53 Å². The number of ether oxygens (including phenoxy) is 1. The fraction of sp³-hybridized carbons (Fsp3) is 0.458. The van der Waals surface area contributed by atoms with Crippen molar-refractivity contribution in [3.8, 4) is 5.75 Å². The van der Waals surface area contributed by atoms with Gasteiger partial charge >= 0.3 is 0 Å². The van der Waals surface area contributed by atoms with Crippen LogP contribution in [-0.2, 0) is 17.8 Å². The van der Waals surface area contributed by atoms with Crippen molar-refractivity contribution in [1.29, 1.82) is 0 Å². The molecular weight excluding hydrogens is 376 g/mol. The van der Waals surface area contributed by atoms with E-state index in [0.717, 1.165) is 54.2 Å². The van der Waals surface area contributed by atoms with Gasteiger partial charge in [-0.3, -0.25) is 9.78 Å². The minimum atomic E-state index is 0.205. The van der Waals surface area contributed by atoms with E-state index in [0.29, 0.717) is 18.8 Å². The Kier molecular flexibility index (Phi) is 6.02. The van der Waals surface area contributed by atoms with Crippen molar-refractivity contribution in [2.45, 2.75) is 45.6 Å². The summed E-state index contributed by atoms with van der Waals surface area (Å²) in [5, 5.41) is 0. The third-order valence-electron chi connectivity index (χ3n) is 5.83. The molecule has 1 aromatic carbocycles. The number of rotatable bonds is 7. The number of imidazole rings is 1. The van der Waals surface area contributed by atoms with Crippen LogP contribution in [0.4, 0.5) is 0 Å². The highest BCUT2D eigenvalue weighted by atomic mass is 16.5. The van der Waals surface area contributed by atoms with Gasteiger partial charge in [0.25, 0.3) is 0 Å². The summed E-state index contributed by atoms with van der Waals surface area (Å²) in [6.45, 7) is 6.87. The van der Waals surface area contributed by atoms with Gasteiger partial charge in [-0.15, -0.1) is 0 Å². The molecular formula is C24H30N4O2. The summed E-state index contributed by atoms with van der Waals surface area (Å²) < 4.78 is 7.72. The number of amides is 1. The van der Waals surface area contributed by atoms with Crippen LogP contribution in [0.5, 0.6) is 5.75 Å². The molecule has 2 aromatic heterocycles. The van der Waals surface area contributed by atoms with Gasteiger partial charge in [-0.1, -0.05) is 32.0 Å². The monoisotopic (exact) mass is 406 g/mol. The van der Waals surface area contributed by atoms with Crippen LogP contribution in [0, 0.1) is 5.92 Å². The molecule has 1 aliphatic rings. The molecule has 0 saturated carbocycles. The van der Waals surface area contributed by atoms with Crippen molar-refractivity contribution in [2.24, 2.45) is 5.92 Å². The number of hydrogen-bond acceptors (Lipinski definition) is 4. The van der Waals surface area contributed by atoms with Crippen LogP contribution in [0.3, 0.4) is 0 Å². The van der Waals surface area contributed by atoms with Gasteiger partial charge < -0.3 is 14.2 Å². The highest BCUT2D eigenvalue weighted by Gasteiger charge is 2.31. The van der Waals surface area contributed by atoms with E-state index < -0.39 is 0 Å². The summed E-state index contributed by atoms with van der Waals surface area (Å²) in [4.78, 5) is 24.1. The van der Waals surface area contributed by atoms with Gasteiger partial charge in [0.1, 0.15) is 11.6 Å². The normalized spacial score (nSPS) is 16.5. The number of benzene rings is 1. The maximum absolute atomic E-state index is 12.9. The van der Waals surface area contributed by atoms with Crippen LogP contribution in [0.2, 0.25) is 0 Å². The minimum absolute atomic E-state index is 0.205. The van der Waals surface area contributed by atoms with E-state index in [-0.39, 0.29) is 11.8 Å². The van der Waals surface area contributed by atoms with E-state index in [1.807, 2.05) is 41.4 Å². The number of fused-ring (bicyclic) bond motifs is 1. The average Bonchev–Trinajstić information content (AvgIpc) is 3.37. The first-order valence-electron chi connectivity index (χ1n) is 10.8. The number of likely N-dealkylation sites (tertiary alicyclic amines) is 1. The molecule has 6 heteroatoms. The summed E-state index contributed by atoms with van der Waals surface area (Å²) in [6.07, 6.45) is 5.84. The van der Waals surface area contributed by atoms with Crippen LogP contribution in [0.15, 0.2) is 42.7 Å². The molecule has 0 bridgehead atoms. The third kappa shape index (κ3) is 4.18. The second-order valence-corrected chi connectivity index (χ2v) is 8.48. The zero-order valence-corrected chi connectivity index (χ0v) is 18.0. The number of hydrogen-bond donors (Lipinski definition) is 0. The van der Waals surface area contributed by atoms with Gasteiger partial charge in [0.2, 0.25) is 5.91 Å². The molecule has 1 saturated heterocycles. The van der Waals surface area contributed by atoms with Crippen molar-refractivity contribution in [1.82, 2.24) is 19.4 Å². The highest BCUT2D eigenvalue weighted by Crippen LogP contribution is 2.30. The Morgan fingerprint density at radius 3 is 2.90 bits per heavy atom. The van der Waals surface area contributed by atoms with Crippen molar-refractivity contribution in [3.05, 3.63) is 54.1 Å². The van der Waals surface area contributed by atoms with Crippen molar-refractivity contribution in [2.75, 3.05) is 20.2 Å². The van der Waals surface area contributed by atoms with E-state index in [1.54, 1.807) is 13.3 Å². The lowest BCUT2D eigenvalue weighted by molar-refractivity contribution is -0.130. The standard InChI is InChI=1S/C24H30N4O2/c1-17(2)15-28-21-14-25-12-10-20(21)26-24(28)19-11-13-27(16-19)23(29)9-8-18-6-4-5-7-22(18)30-3/h4-7,10,12,14,17,19H,8-9,11,13,15-16H2,1-3H3. The number of nitrogens with zero attached hydrogens (tertiary/aromatic N) is 4. The summed E-state index contributed by atoms with van der Waals surface area (Å²) in [5.74, 6) is 2.93. The van der Waals surface area contributed by atoms with E-state index in [2.05, 4.69) is 23.4 Å². The summed E-state index contributed by atoms with van der Waals surface area (Å²) in [7, 11) is 1.67. The van der Waals surface area contributed by atoms with Crippen molar-refractivity contribution in [3.63, 3.8) is 0 Å². The number of carbonyl (C=O) groups is 1. The Morgan fingerprint density at radius 2 is 2.10 bits per heavy atom. The first-order chi connectivity index (χ1) is 14.6. The molecule has 30 heavy (non-hydrogen) atoms. The van der Waals surface area contributed by atoms with Gasteiger partial charge in [0, 0.05) is 38.2 Å². The number of aryl methyl sites for hydroxylation is 1. The van der Waals surface area contributed by atoms with Crippen LogP contribution in [0.1, 0.15) is 44.0 Å². The number of methoxy groups -OCH3 is 1. The molecule has 3 heterocycles. The molecule has 0 radical (unpaired) electrons. The number of carbonyl (C=O) groups excluding carboxylic acids is 1. The summed E-state index contributed by atoms with van der Waals surface area (Å²) in [6, 6.07) is 9.89. The summed E-state index contributed by atoms with van der Waals surface area (Å²) >= 11 is 0. The molecule has 3 aromatic rings. The topological polar surface area (TPSA) is 60.2 Å². The van der Waals surface area contributed by atoms with Crippen LogP contribution < -0.4 is 4.74 Å². The van der Waals surface area contributed by atoms with Gasteiger partial charge in [-0.25, -0.2) is 4.98 Å². The Morgan fingerprint density at radius 1 is 1.27 bits per heavy atom. The van der Waals surface area contributed by atoms with Crippen molar-refractivity contribution >= 4 is 16.9 Å². The number of aromatic nitrogens is 3. The fourth-order valence-corrected chi connectivity index (χ4v) is 4.36. The summed E-state index contributed by atoms with van der Waals surface area (Å²) in [5.41, 5.74) is 3.15. The number of para-hydroxylation sites is 1. The van der Waals surface area contributed by atoms with Crippen LogP contribution in [0.25, 0.3) is 11.0 Å². The smallest absolute Gasteiger partial charge is 0.222 e. The lowest BCUT2D eigenvalue weighted by Gasteiger charge is -2.18. The Labute approximate surface area is 177 Å². The molecule has 4 rings (SSSR count). The van der Waals surface area contributed by atoms with Crippen LogP contribution in [-0.4, -0.2) is 45.5 Å². The molecule has 1 fully saturated rings. The van der Waals surface area contributed by atoms with Gasteiger partial charge in [0.05, 0.1) is 24.3 Å². The largest absolute Gasteiger partial charge is 0.496 e. The molecule has 1 aliphatic heterocycles. The van der Waals surface area contributed by atoms with E-state index in [4.69, 9.17) is 9.72 Å². The minimum Gasteiger partial charge on any atom is -0.496 e. The fourth-order valence-electron chi connectivity index (χ4n) is 4.36. The Bertz CT molecular complexity index is 1030. The quantitative estimate of drug-likeness (QED) is 0.594. The molecule has 0 N–H and O–H groups in total. The molecule has 1 atom stereocenters. The molecule has 158 valence electrons. The predicted octanol–water partition coefficient (Wildman–Crippen LogP) is 4.04. The molecule has 0 aliphatic carbocycles. The van der Waals surface area contributed by atoms with E-state index >= 15 is 0 Å². The Balaban J connectivity index is 1.46. The highest BCUT2D eigenvalue weighted by molar-refractivity contribution is 5.77. The zero-order chi connectivity index (χ0) is 21.1. The molecule has 1 unspecified atom stereocenters. The second-order valence-electron chi connectivity index (χ2n) is 8.48. The lowest BCUT2D eigenvalue weighted by Crippen LogP contribution is -2.29. The van der Waals surface area contributed by atoms with Gasteiger partial charge in [0.15, 0.2) is 0 Å². The molecule has 1 amide bonds. The maximum atomic E-state index is 12.9. The van der Waals surface area contributed by atoms with Gasteiger partial charge in [-0.05, 0) is 36.5 Å². The van der Waals surface area contributed by atoms with E-state index in [1.165, 1.54) is 0 Å². The van der Waals surface area contributed by atoms with Gasteiger partial charge in [-0.2, -0.15) is 0 Å². The predicted molar refractivity (Wildman–Crippen MR) is 118 cm³/mol. The average molecular weight is 407 g/mol. The van der Waals surface area contributed by atoms with E-state index in [9.17, 15) is 4.79 Å². The molecule has 6 nitrogen and oxygen atoms in total. The third-order valence-corrected chi connectivity index (χ3v) is 5.83. The Hall–Kier alpha value is -2.89.